The number of nitrogens with one attached hydrogen (secondary N) is 1. The van der Waals surface area contributed by atoms with E-state index in [0.29, 0.717) is 0 Å². The molecule has 1 fully saturated rings. The van der Waals surface area contributed by atoms with Gasteiger partial charge in [-0.15, -0.1) is 0 Å². The molecule has 0 bridgehead atoms. The SMILES string of the molecule is COCCCCCNC1CC(c2cccc(C)c2)C1. The van der Waals surface area contributed by atoms with E-state index in [1.807, 2.05) is 0 Å². The molecular formula is C17H27NO. The van der Waals surface area contributed by atoms with Crippen molar-refractivity contribution in [1.82, 2.24) is 5.32 Å². The topological polar surface area (TPSA) is 21.3 Å². The van der Waals surface area contributed by atoms with Crippen LogP contribution in [0.1, 0.15) is 49.1 Å². The minimum Gasteiger partial charge on any atom is -0.385 e. The fourth-order valence-electron chi connectivity index (χ4n) is 2.84. The molecule has 0 unspecified atom stereocenters. The summed E-state index contributed by atoms with van der Waals surface area (Å²) in [5.41, 5.74) is 2.91. The Morgan fingerprint density at radius 2 is 2.05 bits per heavy atom. The maximum atomic E-state index is 5.05. The van der Waals surface area contributed by atoms with Crippen molar-refractivity contribution in [2.45, 2.75) is 51.0 Å². The smallest absolute Gasteiger partial charge is 0.0462 e. The third-order valence-corrected chi connectivity index (χ3v) is 4.11. The summed E-state index contributed by atoms with van der Waals surface area (Å²) in [6.45, 7) is 4.24. The minimum absolute atomic E-state index is 0.743. The molecular weight excluding hydrogens is 234 g/mol. The zero-order chi connectivity index (χ0) is 13.5. The van der Waals surface area contributed by atoms with Crippen LogP contribution in [0, 0.1) is 6.92 Å². The summed E-state index contributed by atoms with van der Waals surface area (Å²) < 4.78 is 5.05. The summed E-state index contributed by atoms with van der Waals surface area (Å²) in [7, 11) is 1.78. The minimum atomic E-state index is 0.743. The zero-order valence-electron chi connectivity index (χ0n) is 12.3. The molecule has 2 rings (SSSR count). The third kappa shape index (κ3) is 4.63. The lowest BCUT2D eigenvalue weighted by Gasteiger charge is -2.36. The van der Waals surface area contributed by atoms with E-state index in [0.717, 1.165) is 25.1 Å². The summed E-state index contributed by atoms with van der Waals surface area (Å²) in [5.74, 6) is 0.783. The van der Waals surface area contributed by atoms with Crippen LogP contribution in [0.15, 0.2) is 24.3 Å². The van der Waals surface area contributed by atoms with E-state index in [2.05, 4.69) is 36.5 Å². The van der Waals surface area contributed by atoms with E-state index >= 15 is 0 Å². The highest BCUT2D eigenvalue weighted by Gasteiger charge is 2.29. The van der Waals surface area contributed by atoms with Crippen molar-refractivity contribution in [3.8, 4) is 0 Å². The second-order valence-corrected chi connectivity index (χ2v) is 5.79. The molecule has 0 saturated heterocycles. The van der Waals surface area contributed by atoms with Crippen LogP contribution in [-0.2, 0) is 4.74 Å². The van der Waals surface area contributed by atoms with Gasteiger partial charge in [0.25, 0.3) is 0 Å². The maximum absolute atomic E-state index is 5.05. The molecule has 0 heterocycles. The molecule has 0 radical (unpaired) electrons. The second kappa shape index (κ2) is 7.66. The lowest BCUT2D eigenvalue weighted by molar-refractivity contribution is 0.191. The fraction of sp³-hybridized carbons (Fsp3) is 0.647. The number of unbranched alkanes of at least 4 members (excludes halogenated alkanes) is 2. The highest BCUT2D eigenvalue weighted by atomic mass is 16.5. The van der Waals surface area contributed by atoms with Crippen molar-refractivity contribution in [3.05, 3.63) is 35.4 Å². The Balaban J connectivity index is 1.56. The first kappa shape index (κ1) is 14.5. The first-order valence-electron chi connectivity index (χ1n) is 7.58. The van der Waals surface area contributed by atoms with Crippen molar-refractivity contribution in [2.24, 2.45) is 0 Å². The van der Waals surface area contributed by atoms with E-state index in [4.69, 9.17) is 4.74 Å². The van der Waals surface area contributed by atoms with Crippen LogP contribution in [0.3, 0.4) is 0 Å². The normalized spacial score (nSPS) is 22.2. The van der Waals surface area contributed by atoms with Crippen molar-refractivity contribution < 1.29 is 4.74 Å². The van der Waals surface area contributed by atoms with Gasteiger partial charge in [-0.1, -0.05) is 29.8 Å². The number of aryl methyl sites for hydroxylation is 1. The third-order valence-electron chi connectivity index (χ3n) is 4.11. The van der Waals surface area contributed by atoms with Gasteiger partial charge in [0.2, 0.25) is 0 Å². The van der Waals surface area contributed by atoms with E-state index in [1.54, 1.807) is 7.11 Å². The Labute approximate surface area is 117 Å². The Bertz CT molecular complexity index is 371. The molecule has 1 saturated carbocycles. The van der Waals surface area contributed by atoms with Crippen LogP contribution in [0.25, 0.3) is 0 Å². The number of methoxy groups -OCH3 is 1. The lowest BCUT2D eigenvalue weighted by Crippen LogP contribution is -2.40. The molecule has 0 atom stereocenters. The summed E-state index contributed by atoms with van der Waals surface area (Å²) in [4.78, 5) is 0. The fourth-order valence-corrected chi connectivity index (χ4v) is 2.84. The number of ether oxygens (including phenoxy) is 1. The van der Waals surface area contributed by atoms with E-state index < -0.39 is 0 Å². The molecule has 19 heavy (non-hydrogen) atoms. The maximum Gasteiger partial charge on any atom is 0.0462 e. The molecule has 1 aliphatic rings. The Hall–Kier alpha value is -0.860. The largest absolute Gasteiger partial charge is 0.385 e. The van der Waals surface area contributed by atoms with Crippen LogP contribution < -0.4 is 5.32 Å². The Morgan fingerprint density at radius 3 is 2.79 bits per heavy atom. The van der Waals surface area contributed by atoms with Gasteiger partial charge in [0.15, 0.2) is 0 Å². The average molecular weight is 261 g/mol. The number of hydrogen-bond acceptors (Lipinski definition) is 2. The van der Waals surface area contributed by atoms with Crippen LogP contribution >= 0.6 is 0 Å². The van der Waals surface area contributed by atoms with Gasteiger partial charge in [-0.25, -0.2) is 0 Å². The van der Waals surface area contributed by atoms with Crippen molar-refractivity contribution in [1.29, 1.82) is 0 Å². The van der Waals surface area contributed by atoms with Crippen molar-refractivity contribution in [2.75, 3.05) is 20.3 Å². The monoisotopic (exact) mass is 261 g/mol. The molecule has 0 amide bonds. The first-order valence-corrected chi connectivity index (χ1v) is 7.58. The first-order chi connectivity index (χ1) is 9.29. The molecule has 1 aliphatic carbocycles. The van der Waals surface area contributed by atoms with E-state index in [1.165, 1.54) is 43.2 Å². The lowest BCUT2D eigenvalue weighted by atomic mass is 9.75. The standard InChI is InChI=1S/C17H27NO/c1-14-7-6-8-15(11-14)16-12-17(13-16)18-9-4-3-5-10-19-2/h6-8,11,16-18H,3-5,9-10,12-13H2,1-2H3. The Kier molecular flexibility index (Phi) is 5.87. The van der Waals surface area contributed by atoms with Crippen LogP contribution in [0.5, 0.6) is 0 Å². The summed E-state index contributed by atoms with van der Waals surface area (Å²) in [5, 5.41) is 3.67. The summed E-state index contributed by atoms with van der Waals surface area (Å²) >= 11 is 0. The second-order valence-electron chi connectivity index (χ2n) is 5.79. The predicted molar refractivity (Wildman–Crippen MR) is 80.7 cm³/mol. The highest BCUT2D eigenvalue weighted by Crippen LogP contribution is 2.36. The number of rotatable bonds is 8. The van der Waals surface area contributed by atoms with Gasteiger partial charge in [-0.05, 0) is 57.1 Å². The molecule has 2 nitrogen and oxygen atoms in total. The van der Waals surface area contributed by atoms with Gasteiger partial charge in [-0.2, -0.15) is 0 Å². The van der Waals surface area contributed by atoms with E-state index in [-0.39, 0.29) is 0 Å². The summed E-state index contributed by atoms with van der Waals surface area (Å²) in [6, 6.07) is 9.72. The average Bonchev–Trinajstić information content (AvgIpc) is 2.35. The van der Waals surface area contributed by atoms with Crippen LogP contribution in [0.2, 0.25) is 0 Å². The van der Waals surface area contributed by atoms with Gasteiger partial charge in [0, 0.05) is 19.8 Å². The van der Waals surface area contributed by atoms with E-state index in [9.17, 15) is 0 Å². The molecule has 1 N–H and O–H groups in total. The predicted octanol–water partition coefficient (Wildman–Crippen LogP) is 3.65. The number of benzene rings is 1. The van der Waals surface area contributed by atoms with Gasteiger partial charge >= 0.3 is 0 Å². The van der Waals surface area contributed by atoms with Gasteiger partial charge in [-0.3, -0.25) is 0 Å². The molecule has 1 aromatic carbocycles. The van der Waals surface area contributed by atoms with Crippen LogP contribution in [-0.4, -0.2) is 26.3 Å². The zero-order valence-corrected chi connectivity index (χ0v) is 12.3. The molecule has 1 aromatic rings. The molecule has 106 valence electrons. The molecule has 2 heteroatoms. The van der Waals surface area contributed by atoms with Gasteiger partial charge in [0.05, 0.1) is 0 Å². The van der Waals surface area contributed by atoms with Crippen molar-refractivity contribution >= 4 is 0 Å². The van der Waals surface area contributed by atoms with Crippen LogP contribution in [0.4, 0.5) is 0 Å². The van der Waals surface area contributed by atoms with Gasteiger partial charge < -0.3 is 10.1 Å². The molecule has 0 spiro atoms. The molecule has 0 aromatic heterocycles. The quantitative estimate of drug-likeness (QED) is 0.721. The Morgan fingerprint density at radius 1 is 1.21 bits per heavy atom. The van der Waals surface area contributed by atoms with Crippen molar-refractivity contribution in [3.63, 3.8) is 0 Å². The number of hydrogen-bond donors (Lipinski definition) is 1. The van der Waals surface area contributed by atoms with Gasteiger partial charge in [0.1, 0.15) is 0 Å². The molecule has 0 aliphatic heterocycles. The summed E-state index contributed by atoms with van der Waals surface area (Å²) in [6.07, 6.45) is 6.35. The highest BCUT2D eigenvalue weighted by molar-refractivity contribution is 5.27.